The SMILES string of the molecule is C=C(C)C(=O)OCCOCCOCCOCCOCCOCCOCCBr. The maximum atomic E-state index is 11.1. The Bertz CT molecular complexity index is 354. The molecule has 0 aromatic rings. The first-order valence-electron chi connectivity index (χ1n) is 9.03. The van der Waals surface area contributed by atoms with Crippen LogP contribution in [-0.4, -0.2) is 97.2 Å². The predicted molar refractivity (Wildman–Crippen MR) is 104 cm³/mol. The van der Waals surface area contributed by atoms with Gasteiger partial charge in [-0.1, -0.05) is 22.5 Å². The van der Waals surface area contributed by atoms with Crippen molar-refractivity contribution in [3.8, 4) is 0 Å². The monoisotopic (exact) mass is 456 g/mol. The second-order valence-electron chi connectivity index (χ2n) is 5.28. The van der Waals surface area contributed by atoms with E-state index in [9.17, 15) is 4.79 Å². The molecule has 27 heavy (non-hydrogen) atoms. The van der Waals surface area contributed by atoms with Gasteiger partial charge in [0.25, 0.3) is 0 Å². The number of halogens is 1. The second-order valence-corrected chi connectivity index (χ2v) is 6.07. The first-order valence-corrected chi connectivity index (χ1v) is 10.2. The molecule has 0 saturated carbocycles. The van der Waals surface area contributed by atoms with Crippen LogP contribution in [0.2, 0.25) is 0 Å². The molecule has 160 valence electrons. The van der Waals surface area contributed by atoms with Crippen LogP contribution in [0.15, 0.2) is 12.2 Å². The van der Waals surface area contributed by atoms with E-state index in [0.29, 0.717) is 84.9 Å². The van der Waals surface area contributed by atoms with Crippen molar-refractivity contribution in [1.82, 2.24) is 0 Å². The number of ether oxygens (including phenoxy) is 7. The Morgan fingerprint density at radius 1 is 0.630 bits per heavy atom. The highest BCUT2D eigenvalue weighted by Gasteiger charge is 2.01. The smallest absolute Gasteiger partial charge is 0.333 e. The van der Waals surface area contributed by atoms with Gasteiger partial charge in [-0.05, 0) is 6.92 Å². The van der Waals surface area contributed by atoms with Gasteiger partial charge < -0.3 is 33.2 Å². The second kappa shape index (κ2) is 21.7. The molecule has 0 amide bonds. The van der Waals surface area contributed by atoms with Crippen LogP contribution in [0.25, 0.3) is 0 Å². The molecule has 0 N–H and O–H groups in total. The van der Waals surface area contributed by atoms with Crippen molar-refractivity contribution in [2.75, 3.05) is 91.2 Å². The Morgan fingerprint density at radius 3 is 1.22 bits per heavy atom. The number of alkyl halides is 1. The third kappa shape index (κ3) is 21.6. The summed E-state index contributed by atoms with van der Waals surface area (Å²) in [6.45, 7) is 11.5. The molecule has 0 aromatic carbocycles. The molecule has 0 bridgehead atoms. The van der Waals surface area contributed by atoms with Gasteiger partial charge in [0.1, 0.15) is 6.61 Å². The van der Waals surface area contributed by atoms with Crippen molar-refractivity contribution in [3.05, 3.63) is 12.2 Å². The van der Waals surface area contributed by atoms with Crippen LogP contribution >= 0.6 is 15.9 Å². The lowest BCUT2D eigenvalue weighted by Crippen LogP contribution is -2.15. The van der Waals surface area contributed by atoms with Crippen molar-refractivity contribution in [1.29, 1.82) is 0 Å². The van der Waals surface area contributed by atoms with Crippen molar-refractivity contribution < 1.29 is 38.0 Å². The van der Waals surface area contributed by atoms with Gasteiger partial charge in [-0.3, -0.25) is 0 Å². The summed E-state index contributed by atoms with van der Waals surface area (Å²) < 4.78 is 36.9. The summed E-state index contributed by atoms with van der Waals surface area (Å²) in [5.41, 5.74) is 0.378. The van der Waals surface area contributed by atoms with Crippen LogP contribution < -0.4 is 0 Å². The molecule has 0 aliphatic heterocycles. The Kier molecular flexibility index (Phi) is 21.3. The maximum absolute atomic E-state index is 11.1. The first-order chi connectivity index (χ1) is 13.2. The highest BCUT2D eigenvalue weighted by atomic mass is 79.9. The standard InChI is InChI=1S/C18H33BrO8/c1-17(2)18(20)27-16-15-26-14-13-25-12-11-24-10-9-23-8-7-22-6-5-21-4-3-19/h1,3-16H2,2H3. The van der Waals surface area contributed by atoms with Gasteiger partial charge >= 0.3 is 5.97 Å². The van der Waals surface area contributed by atoms with Crippen molar-refractivity contribution >= 4 is 21.9 Å². The summed E-state index contributed by atoms with van der Waals surface area (Å²) in [4.78, 5) is 11.1. The third-order valence-electron chi connectivity index (χ3n) is 2.89. The number of hydrogen-bond donors (Lipinski definition) is 0. The van der Waals surface area contributed by atoms with Gasteiger partial charge in [0.05, 0.1) is 79.3 Å². The normalized spacial score (nSPS) is 10.9. The van der Waals surface area contributed by atoms with Crippen LogP contribution in [0, 0.1) is 0 Å². The zero-order valence-electron chi connectivity index (χ0n) is 16.3. The van der Waals surface area contributed by atoms with E-state index in [1.165, 1.54) is 0 Å². The van der Waals surface area contributed by atoms with Crippen molar-refractivity contribution in [2.24, 2.45) is 0 Å². The molecular formula is C18H33BrO8. The van der Waals surface area contributed by atoms with Gasteiger partial charge in [-0.15, -0.1) is 0 Å². The van der Waals surface area contributed by atoms with Crippen LogP contribution in [0.5, 0.6) is 0 Å². The molecule has 0 heterocycles. The predicted octanol–water partition coefficient (Wildman–Crippen LogP) is 1.60. The quantitative estimate of drug-likeness (QED) is 0.111. The number of carbonyl (C=O) groups excluding carboxylic acids is 1. The first kappa shape index (κ1) is 26.4. The molecule has 0 aromatic heterocycles. The molecule has 8 nitrogen and oxygen atoms in total. The van der Waals surface area contributed by atoms with Gasteiger partial charge in [-0.25, -0.2) is 4.79 Å². The summed E-state index contributed by atoms with van der Waals surface area (Å²) >= 11 is 3.28. The number of hydrogen-bond acceptors (Lipinski definition) is 8. The van der Waals surface area contributed by atoms with E-state index in [4.69, 9.17) is 33.2 Å². The molecule has 0 aliphatic carbocycles. The van der Waals surface area contributed by atoms with E-state index in [1.807, 2.05) is 0 Å². The van der Waals surface area contributed by atoms with E-state index < -0.39 is 5.97 Å². The van der Waals surface area contributed by atoms with E-state index in [-0.39, 0.29) is 6.61 Å². The van der Waals surface area contributed by atoms with E-state index in [2.05, 4.69) is 22.5 Å². The minimum atomic E-state index is -0.404. The average molecular weight is 457 g/mol. The zero-order valence-corrected chi connectivity index (χ0v) is 17.8. The van der Waals surface area contributed by atoms with Crippen LogP contribution in [0.3, 0.4) is 0 Å². The number of esters is 1. The molecule has 0 spiro atoms. The van der Waals surface area contributed by atoms with Crippen LogP contribution in [0.4, 0.5) is 0 Å². The molecule has 0 unspecified atom stereocenters. The van der Waals surface area contributed by atoms with Gasteiger partial charge in [0.15, 0.2) is 0 Å². The minimum absolute atomic E-state index is 0.213. The van der Waals surface area contributed by atoms with Crippen molar-refractivity contribution in [3.63, 3.8) is 0 Å². The van der Waals surface area contributed by atoms with Gasteiger partial charge in [-0.2, -0.15) is 0 Å². The Labute approximate surface area is 170 Å². The molecule has 9 heteroatoms. The number of carbonyl (C=O) groups is 1. The molecule has 0 rings (SSSR count). The fourth-order valence-electron chi connectivity index (χ4n) is 1.57. The van der Waals surface area contributed by atoms with Gasteiger partial charge in [0.2, 0.25) is 0 Å². The molecule has 0 aliphatic rings. The minimum Gasteiger partial charge on any atom is -0.460 e. The van der Waals surface area contributed by atoms with E-state index in [0.717, 1.165) is 5.33 Å². The van der Waals surface area contributed by atoms with E-state index >= 15 is 0 Å². The zero-order chi connectivity index (χ0) is 20.0. The lowest BCUT2D eigenvalue weighted by molar-refractivity contribution is -0.140. The highest BCUT2D eigenvalue weighted by molar-refractivity contribution is 9.09. The Hall–Kier alpha value is -0.550. The summed E-state index contributed by atoms with van der Waals surface area (Å²) in [5.74, 6) is -0.404. The van der Waals surface area contributed by atoms with Crippen molar-refractivity contribution in [2.45, 2.75) is 6.92 Å². The molecular weight excluding hydrogens is 424 g/mol. The van der Waals surface area contributed by atoms with E-state index in [1.54, 1.807) is 6.92 Å². The topological polar surface area (TPSA) is 81.7 Å². The highest BCUT2D eigenvalue weighted by Crippen LogP contribution is 1.91. The number of rotatable bonds is 21. The molecule has 0 saturated heterocycles. The summed E-state index contributed by atoms with van der Waals surface area (Å²) in [7, 11) is 0. The molecule has 0 radical (unpaired) electrons. The lowest BCUT2D eigenvalue weighted by atomic mass is 10.4. The largest absolute Gasteiger partial charge is 0.460 e. The summed E-state index contributed by atoms with van der Waals surface area (Å²) in [5, 5.41) is 0.837. The summed E-state index contributed by atoms with van der Waals surface area (Å²) in [6, 6.07) is 0. The Balaban J connectivity index is 3.05. The molecule has 0 fully saturated rings. The third-order valence-corrected chi connectivity index (χ3v) is 3.21. The Morgan fingerprint density at radius 2 is 0.926 bits per heavy atom. The molecule has 0 atom stereocenters. The fourth-order valence-corrected chi connectivity index (χ4v) is 1.80. The van der Waals surface area contributed by atoms with Crippen LogP contribution in [-0.2, 0) is 38.0 Å². The maximum Gasteiger partial charge on any atom is 0.333 e. The van der Waals surface area contributed by atoms with Crippen LogP contribution in [0.1, 0.15) is 6.92 Å². The fraction of sp³-hybridized carbons (Fsp3) is 0.833. The summed E-state index contributed by atoms with van der Waals surface area (Å²) in [6.07, 6.45) is 0. The average Bonchev–Trinajstić information content (AvgIpc) is 2.66. The lowest BCUT2D eigenvalue weighted by Gasteiger charge is -2.08. The van der Waals surface area contributed by atoms with Gasteiger partial charge in [0, 0.05) is 10.9 Å².